The normalized spacial score (nSPS) is 21.9. The third-order valence-corrected chi connectivity index (χ3v) is 4.87. The maximum absolute atomic E-state index is 5.67. The van der Waals surface area contributed by atoms with Gasteiger partial charge in [-0.2, -0.15) is 0 Å². The molecule has 6 heteroatoms. The van der Waals surface area contributed by atoms with Crippen molar-refractivity contribution in [1.82, 2.24) is 10.6 Å². The highest BCUT2D eigenvalue weighted by molar-refractivity contribution is 5.42. The lowest BCUT2D eigenvalue weighted by atomic mass is 9.91. The van der Waals surface area contributed by atoms with Crippen LogP contribution in [-0.2, 0) is 9.47 Å². The van der Waals surface area contributed by atoms with Crippen LogP contribution >= 0.6 is 0 Å². The molecular weight excluding hydrogens is 356 g/mol. The van der Waals surface area contributed by atoms with Gasteiger partial charge in [0.15, 0.2) is 0 Å². The Morgan fingerprint density at radius 3 is 1.54 bits per heavy atom. The van der Waals surface area contributed by atoms with E-state index in [4.69, 9.17) is 18.9 Å². The fourth-order valence-electron chi connectivity index (χ4n) is 3.56. The Bertz CT molecular complexity index is 664. The second kappa shape index (κ2) is 11.0. The van der Waals surface area contributed by atoms with Gasteiger partial charge in [0.05, 0.1) is 52.7 Å². The van der Waals surface area contributed by atoms with E-state index in [1.807, 2.05) is 36.4 Å². The zero-order valence-electron chi connectivity index (χ0n) is 16.6. The van der Waals surface area contributed by atoms with Crippen molar-refractivity contribution in [3.05, 3.63) is 59.7 Å². The van der Waals surface area contributed by atoms with Gasteiger partial charge in [0.1, 0.15) is 11.5 Å². The molecule has 1 aliphatic heterocycles. The Morgan fingerprint density at radius 1 is 0.679 bits per heavy atom. The average Bonchev–Trinajstić information content (AvgIpc) is 2.74. The smallest absolute Gasteiger partial charge is 0.123 e. The molecular formula is C22H30N2O4. The van der Waals surface area contributed by atoms with Crippen molar-refractivity contribution in [2.24, 2.45) is 0 Å². The van der Waals surface area contributed by atoms with Gasteiger partial charge in [0, 0.05) is 24.2 Å². The van der Waals surface area contributed by atoms with Crippen LogP contribution in [0.5, 0.6) is 11.5 Å². The third kappa shape index (κ3) is 5.23. The summed E-state index contributed by atoms with van der Waals surface area (Å²) in [5.41, 5.74) is 2.18. The minimum Gasteiger partial charge on any atom is -0.496 e. The maximum Gasteiger partial charge on any atom is 0.123 e. The molecule has 6 nitrogen and oxygen atoms in total. The Kier molecular flexibility index (Phi) is 8.11. The van der Waals surface area contributed by atoms with Crippen LogP contribution in [0.2, 0.25) is 0 Å². The summed E-state index contributed by atoms with van der Waals surface area (Å²) in [6, 6.07) is 16.2. The lowest BCUT2D eigenvalue weighted by Crippen LogP contribution is -2.39. The van der Waals surface area contributed by atoms with E-state index in [1.54, 1.807) is 14.2 Å². The second-order valence-corrected chi connectivity index (χ2v) is 6.57. The topological polar surface area (TPSA) is 61.0 Å². The highest BCUT2D eigenvalue weighted by atomic mass is 16.5. The Labute approximate surface area is 167 Å². The fraction of sp³-hybridized carbons (Fsp3) is 0.455. The van der Waals surface area contributed by atoms with Crippen molar-refractivity contribution >= 4 is 0 Å². The van der Waals surface area contributed by atoms with E-state index in [2.05, 4.69) is 22.8 Å². The maximum atomic E-state index is 5.67. The molecule has 3 rings (SSSR count). The van der Waals surface area contributed by atoms with Crippen LogP contribution in [0.25, 0.3) is 0 Å². The van der Waals surface area contributed by atoms with E-state index in [1.165, 1.54) is 0 Å². The molecule has 2 aromatic carbocycles. The molecule has 2 N–H and O–H groups in total. The van der Waals surface area contributed by atoms with Gasteiger partial charge >= 0.3 is 0 Å². The second-order valence-electron chi connectivity index (χ2n) is 6.57. The third-order valence-electron chi connectivity index (χ3n) is 4.87. The van der Waals surface area contributed by atoms with E-state index in [9.17, 15) is 0 Å². The number of hydrogen-bond donors (Lipinski definition) is 2. The van der Waals surface area contributed by atoms with Crippen molar-refractivity contribution in [2.75, 3.05) is 53.7 Å². The van der Waals surface area contributed by atoms with Crippen molar-refractivity contribution in [3.8, 4) is 11.5 Å². The highest BCUT2D eigenvalue weighted by Crippen LogP contribution is 2.37. The summed E-state index contributed by atoms with van der Waals surface area (Å²) in [5, 5.41) is 7.33. The van der Waals surface area contributed by atoms with Gasteiger partial charge in [0.25, 0.3) is 0 Å². The number of benzene rings is 2. The Hall–Kier alpha value is -2.12. The number of ether oxygens (including phenoxy) is 4. The molecule has 2 aromatic rings. The van der Waals surface area contributed by atoms with E-state index in [-0.39, 0.29) is 12.1 Å². The van der Waals surface area contributed by atoms with Crippen LogP contribution in [0, 0.1) is 0 Å². The molecule has 0 saturated carbocycles. The molecule has 0 unspecified atom stereocenters. The molecule has 28 heavy (non-hydrogen) atoms. The number of methoxy groups -OCH3 is 2. The summed E-state index contributed by atoms with van der Waals surface area (Å²) >= 11 is 0. The summed E-state index contributed by atoms with van der Waals surface area (Å²) in [6.07, 6.45) is 0. The van der Waals surface area contributed by atoms with Gasteiger partial charge in [0.2, 0.25) is 0 Å². The Morgan fingerprint density at radius 2 is 1.11 bits per heavy atom. The van der Waals surface area contributed by atoms with Crippen molar-refractivity contribution in [1.29, 1.82) is 0 Å². The predicted octanol–water partition coefficient (Wildman–Crippen LogP) is 2.71. The van der Waals surface area contributed by atoms with Crippen LogP contribution in [0.15, 0.2) is 48.5 Å². The van der Waals surface area contributed by atoms with Crippen LogP contribution in [0.1, 0.15) is 23.2 Å². The van der Waals surface area contributed by atoms with Gasteiger partial charge in [-0.3, -0.25) is 0 Å². The highest BCUT2D eigenvalue weighted by Gasteiger charge is 2.28. The quantitative estimate of drug-likeness (QED) is 0.843. The first-order valence-corrected chi connectivity index (χ1v) is 9.73. The summed E-state index contributed by atoms with van der Waals surface area (Å²) in [4.78, 5) is 0. The molecule has 2 atom stereocenters. The van der Waals surface area contributed by atoms with Gasteiger partial charge in [-0.1, -0.05) is 36.4 Å². The van der Waals surface area contributed by atoms with Gasteiger partial charge < -0.3 is 29.6 Å². The van der Waals surface area contributed by atoms with E-state index in [0.717, 1.165) is 35.7 Å². The molecule has 0 aromatic heterocycles. The predicted molar refractivity (Wildman–Crippen MR) is 109 cm³/mol. The first-order chi connectivity index (χ1) is 13.8. The number of hydrogen-bond acceptors (Lipinski definition) is 6. The molecule has 152 valence electrons. The van der Waals surface area contributed by atoms with E-state index < -0.39 is 0 Å². The molecule has 1 heterocycles. The van der Waals surface area contributed by atoms with Crippen molar-refractivity contribution in [3.63, 3.8) is 0 Å². The summed E-state index contributed by atoms with van der Waals surface area (Å²) in [6.45, 7) is 3.89. The minimum atomic E-state index is -0.0320. The monoisotopic (exact) mass is 386 g/mol. The summed E-state index contributed by atoms with van der Waals surface area (Å²) in [7, 11) is 3.41. The van der Waals surface area contributed by atoms with Crippen LogP contribution in [0.4, 0.5) is 0 Å². The minimum absolute atomic E-state index is 0.0320. The molecule has 1 saturated heterocycles. The lowest BCUT2D eigenvalue weighted by molar-refractivity contribution is 0.0446. The van der Waals surface area contributed by atoms with Gasteiger partial charge in [-0.15, -0.1) is 0 Å². The fourth-order valence-corrected chi connectivity index (χ4v) is 3.56. The first-order valence-electron chi connectivity index (χ1n) is 9.73. The number of para-hydroxylation sites is 2. The lowest BCUT2D eigenvalue weighted by Gasteiger charge is -2.32. The van der Waals surface area contributed by atoms with Gasteiger partial charge in [-0.25, -0.2) is 0 Å². The Balaban J connectivity index is 2.00. The number of rotatable bonds is 4. The molecule has 1 fully saturated rings. The van der Waals surface area contributed by atoms with Crippen molar-refractivity contribution < 1.29 is 18.9 Å². The van der Waals surface area contributed by atoms with E-state index in [0.29, 0.717) is 26.4 Å². The average molecular weight is 386 g/mol. The SMILES string of the molecule is COc1ccccc1[C@H]1NCCOCCOCCN[C@H]1c1ccccc1OC. The molecule has 0 bridgehead atoms. The van der Waals surface area contributed by atoms with Crippen LogP contribution in [0.3, 0.4) is 0 Å². The largest absolute Gasteiger partial charge is 0.496 e. The standard InChI is InChI=1S/C22H30N2O4/c1-25-19-9-5-3-7-17(19)21-22(18-8-4-6-10-20(18)26-2)24-12-14-28-16-15-27-13-11-23-21/h3-10,21-24H,11-16H2,1-2H3/t21-,22+. The number of nitrogens with one attached hydrogen (secondary N) is 2. The zero-order chi connectivity index (χ0) is 19.6. The summed E-state index contributed by atoms with van der Waals surface area (Å²) < 4.78 is 22.7. The molecule has 0 spiro atoms. The zero-order valence-corrected chi connectivity index (χ0v) is 16.6. The summed E-state index contributed by atoms with van der Waals surface area (Å²) in [5.74, 6) is 1.71. The van der Waals surface area contributed by atoms with Crippen LogP contribution < -0.4 is 20.1 Å². The molecule has 1 aliphatic rings. The first kappa shape index (κ1) is 20.6. The molecule has 0 aliphatic carbocycles. The van der Waals surface area contributed by atoms with E-state index >= 15 is 0 Å². The van der Waals surface area contributed by atoms with Crippen LogP contribution in [-0.4, -0.2) is 53.7 Å². The van der Waals surface area contributed by atoms with Crippen molar-refractivity contribution in [2.45, 2.75) is 12.1 Å². The molecule has 0 radical (unpaired) electrons. The van der Waals surface area contributed by atoms with Gasteiger partial charge in [-0.05, 0) is 12.1 Å². The molecule has 0 amide bonds.